The van der Waals surface area contributed by atoms with Gasteiger partial charge in [0.2, 0.25) is 0 Å². The zero-order valence-electron chi connectivity index (χ0n) is 14.2. The first kappa shape index (κ1) is 17.6. The third-order valence-corrected chi connectivity index (χ3v) is 5.06. The van der Waals surface area contributed by atoms with Crippen molar-refractivity contribution in [3.63, 3.8) is 0 Å². The summed E-state index contributed by atoms with van der Waals surface area (Å²) in [7, 11) is 0. The van der Waals surface area contributed by atoms with Crippen LogP contribution in [0.25, 0.3) is 0 Å². The van der Waals surface area contributed by atoms with E-state index in [0.29, 0.717) is 0 Å². The lowest BCUT2D eigenvalue weighted by atomic mass is 9.87. The molecule has 0 bridgehead atoms. The van der Waals surface area contributed by atoms with E-state index in [1.807, 2.05) is 54.6 Å². The van der Waals surface area contributed by atoms with Gasteiger partial charge in [0, 0.05) is 5.56 Å². The maximum absolute atomic E-state index is 12.8. The monoisotopic (exact) mass is 328 g/mol. The third-order valence-electron chi connectivity index (χ3n) is 3.48. The predicted octanol–water partition coefficient (Wildman–Crippen LogP) is 5.83. The Morgan fingerprint density at radius 2 is 1.57 bits per heavy atom. The lowest BCUT2D eigenvalue weighted by molar-refractivity contribution is 0.0950. The van der Waals surface area contributed by atoms with Crippen LogP contribution in [-0.2, 0) is 0 Å². The van der Waals surface area contributed by atoms with Crippen molar-refractivity contribution in [1.29, 1.82) is 0 Å². The van der Waals surface area contributed by atoms with Crippen molar-refractivity contribution >= 4 is 17.5 Å². The molecule has 2 aromatic rings. The maximum Gasteiger partial charge on any atom is 0.176 e. The molecule has 0 heterocycles. The Bertz CT molecular complexity index is 627. The molecule has 0 N–H and O–H groups in total. The molecular weight excluding hydrogens is 304 g/mol. The van der Waals surface area contributed by atoms with Crippen molar-refractivity contribution in [3.05, 3.63) is 60.2 Å². The lowest BCUT2D eigenvalue weighted by Gasteiger charge is -2.28. The van der Waals surface area contributed by atoms with Crippen LogP contribution in [0.15, 0.2) is 54.6 Å². The van der Waals surface area contributed by atoms with Crippen molar-refractivity contribution in [3.8, 4) is 11.5 Å². The molecule has 0 fully saturated rings. The molecule has 1 unspecified atom stereocenters. The first-order valence-corrected chi connectivity index (χ1v) is 8.95. The fraction of sp³-hybridized carbons (Fsp3) is 0.350. The van der Waals surface area contributed by atoms with E-state index < -0.39 is 0 Å². The van der Waals surface area contributed by atoms with Crippen LogP contribution in [0.3, 0.4) is 0 Å². The van der Waals surface area contributed by atoms with Crippen LogP contribution in [-0.4, -0.2) is 16.8 Å². The van der Waals surface area contributed by atoms with Crippen LogP contribution in [0.5, 0.6) is 11.5 Å². The molecule has 0 radical (unpaired) electrons. The minimum atomic E-state index is -0.0586. The van der Waals surface area contributed by atoms with Gasteiger partial charge in [0.25, 0.3) is 0 Å². The van der Waals surface area contributed by atoms with E-state index in [-0.39, 0.29) is 16.4 Å². The molecule has 0 aliphatic heterocycles. The maximum atomic E-state index is 12.8. The van der Waals surface area contributed by atoms with Gasteiger partial charge in [-0.2, -0.15) is 0 Å². The number of benzene rings is 2. The van der Waals surface area contributed by atoms with Crippen LogP contribution in [0.1, 0.15) is 38.1 Å². The van der Waals surface area contributed by atoms with E-state index >= 15 is 0 Å². The van der Waals surface area contributed by atoms with Gasteiger partial charge in [-0.15, -0.1) is 11.8 Å². The van der Waals surface area contributed by atoms with Crippen molar-refractivity contribution in [2.45, 2.75) is 32.9 Å². The van der Waals surface area contributed by atoms with Gasteiger partial charge in [0.15, 0.2) is 5.78 Å². The zero-order valence-corrected chi connectivity index (χ0v) is 15.0. The smallest absolute Gasteiger partial charge is 0.176 e. The lowest BCUT2D eigenvalue weighted by Crippen LogP contribution is -2.31. The molecule has 2 aromatic carbocycles. The fourth-order valence-electron chi connectivity index (χ4n) is 2.35. The Morgan fingerprint density at radius 1 is 1.00 bits per heavy atom. The molecule has 0 amide bonds. The summed E-state index contributed by atoms with van der Waals surface area (Å²) < 4.78 is 5.77. The molecule has 122 valence electrons. The number of hydrogen-bond acceptors (Lipinski definition) is 3. The Labute approximate surface area is 143 Å². The third kappa shape index (κ3) is 4.87. The molecule has 0 saturated carbocycles. The molecule has 0 aliphatic carbocycles. The number of thioether (sulfide) groups is 1. The van der Waals surface area contributed by atoms with E-state index in [0.717, 1.165) is 22.8 Å². The molecule has 0 saturated heterocycles. The molecule has 23 heavy (non-hydrogen) atoms. The van der Waals surface area contributed by atoms with Crippen molar-refractivity contribution in [2.24, 2.45) is 5.41 Å². The van der Waals surface area contributed by atoms with Gasteiger partial charge in [0.1, 0.15) is 11.5 Å². The van der Waals surface area contributed by atoms with Gasteiger partial charge >= 0.3 is 0 Å². The van der Waals surface area contributed by atoms with Gasteiger partial charge in [-0.05, 0) is 47.6 Å². The number of Topliss-reactive ketones (excluding diaryl/α,β-unsaturated/α-hetero) is 1. The summed E-state index contributed by atoms with van der Waals surface area (Å²) >= 11 is 1.71. The summed E-state index contributed by atoms with van der Waals surface area (Å²) in [5.74, 6) is 2.66. The second kappa shape index (κ2) is 7.69. The number of rotatable bonds is 6. The van der Waals surface area contributed by atoms with Crippen molar-refractivity contribution in [1.82, 2.24) is 0 Å². The molecule has 2 rings (SSSR count). The van der Waals surface area contributed by atoms with Gasteiger partial charge in [-0.3, -0.25) is 4.79 Å². The quantitative estimate of drug-likeness (QED) is 0.624. The van der Waals surface area contributed by atoms with Gasteiger partial charge in [-0.25, -0.2) is 0 Å². The normalized spacial score (nSPS) is 12.7. The number of carbonyl (C=O) groups excluding carboxylic acids is 1. The Balaban J connectivity index is 2.13. The molecule has 1 atom stereocenters. The zero-order chi connectivity index (χ0) is 16.9. The Hall–Kier alpha value is -1.74. The van der Waals surface area contributed by atoms with Gasteiger partial charge in [0.05, 0.1) is 5.25 Å². The summed E-state index contributed by atoms with van der Waals surface area (Å²) in [6.07, 6.45) is 0. The number of carbonyl (C=O) groups is 1. The molecule has 2 nitrogen and oxygen atoms in total. The highest BCUT2D eigenvalue weighted by molar-refractivity contribution is 8.00. The summed E-state index contributed by atoms with van der Waals surface area (Å²) in [5, 5.41) is -0.0339. The van der Waals surface area contributed by atoms with Gasteiger partial charge in [-0.1, -0.05) is 45.9 Å². The highest BCUT2D eigenvalue weighted by Crippen LogP contribution is 2.33. The average molecular weight is 328 g/mol. The van der Waals surface area contributed by atoms with Gasteiger partial charge < -0.3 is 4.74 Å². The summed E-state index contributed by atoms with van der Waals surface area (Å²) in [5.41, 5.74) is 0.683. The topological polar surface area (TPSA) is 26.3 Å². The standard InChI is InChI=1S/C20H24O2S/c1-5-23-19(20(2,3)4)18(21)15-11-13-17(14-12-15)22-16-9-7-6-8-10-16/h6-14,19H,5H2,1-4H3. The van der Waals surface area contributed by atoms with Crippen LogP contribution in [0.2, 0.25) is 0 Å². The Morgan fingerprint density at radius 3 is 2.09 bits per heavy atom. The highest BCUT2D eigenvalue weighted by atomic mass is 32.2. The Kier molecular flexibility index (Phi) is 5.89. The molecular formula is C20H24O2S. The molecule has 3 heteroatoms. The van der Waals surface area contributed by atoms with E-state index in [4.69, 9.17) is 4.74 Å². The fourth-order valence-corrected chi connectivity index (χ4v) is 3.47. The molecule has 0 aliphatic rings. The number of hydrogen-bond donors (Lipinski definition) is 0. The van der Waals surface area contributed by atoms with Crippen molar-refractivity contribution in [2.75, 3.05) is 5.75 Å². The first-order valence-electron chi connectivity index (χ1n) is 7.90. The number of para-hydroxylation sites is 1. The predicted molar refractivity (Wildman–Crippen MR) is 98.7 cm³/mol. The minimum Gasteiger partial charge on any atom is -0.457 e. The summed E-state index contributed by atoms with van der Waals surface area (Å²) in [6, 6.07) is 17.1. The van der Waals surface area contributed by atoms with Crippen LogP contribution < -0.4 is 4.74 Å². The largest absolute Gasteiger partial charge is 0.457 e. The summed E-state index contributed by atoms with van der Waals surface area (Å²) in [6.45, 7) is 8.44. The van der Waals surface area contributed by atoms with Crippen LogP contribution >= 0.6 is 11.8 Å². The van der Waals surface area contributed by atoms with E-state index in [2.05, 4.69) is 27.7 Å². The van der Waals surface area contributed by atoms with Crippen LogP contribution in [0.4, 0.5) is 0 Å². The molecule has 0 spiro atoms. The van der Waals surface area contributed by atoms with E-state index in [1.54, 1.807) is 11.8 Å². The number of ketones is 1. The second-order valence-electron chi connectivity index (χ2n) is 6.51. The van der Waals surface area contributed by atoms with Crippen molar-refractivity contribution < 1.29 is 9.53 Å². The average Bonchev–Trinajstić information content (AvgIpc) is 2.52. The molecule has 0 aromatic heterocycles. The highest BCUT2D eigenvalue weighted by Gasteiger charge is 2.31. The van der Waals surface area contributed by atoms with E-state index in [9.17, 15) is 4.79 Å². The second-order valence-corrected chi connectivity index (χ2v) is 7.89. The summed E-state index contributed by atoms with van der Waals surface area (Å²) in [4.78, 5) is 12.8. The van der Waals surface area contributed by atoms with E-state index in [1.165, 1.54) is 0 Å². The number of ether oxygens (including phenoxy) is 1. The first-order chi connectivity index (χ1) is 10.9. The minimum absolute atomic E-state index is 0.0339. The SMILES string of the molecule is CCSC(C(=O)c1ccc(Oc2ccccc2)cc1)C(C)(C)C. The van der Waals surface area contributed by atoms with Crippen LogP contribution in [0, 0.1) is 5.41 Å².